The molecule has 180 valence electrons. The highest BCUT2D eigenvalue weighted by Gasteiger charge is 2.42. The standard InChI is InChI=1S/C26H35N7O/c27-9-1-11-30-12-14-31(15-13-30)17-19-2-4-20(5-3-19)32-18-33(21-6-7-21)26(34)23-16-29-25-22(24(23)32)8-10-28-25/h8,10,16,19-21H,1-7,11-15,17-18H2,(H,28,29). The Bertz CT molecular complexity index is 1070. The Kier molecular flexibility index (Phi) is 5.92. The molecule has 8 nitrogen and oxygen atoms in total. The Morgan fingerprint density at radius 2 is 1.71 bits per heavy atom. The van der Waals surface area contributed by atoms with Gasteiger partial charge < -0.3 is 19.7 Å². The number of fused-ring (bicyclic) bond motifs is 3. The number of aromatic amines is 1. The molecule has 2 aromatic rings. The molecule has 0 atom stereocenters. The van der Waals surface area contributed by atoms with Gasteiger partial charge >= 0.3 is 0 Å². The minimum Gasteiger partial charge on any atom is -0.349 e. The summed E-state index contributed by atoms with van der Waals surface area (Å²) in [5.41, 5.74) is 2.76. The fraction of sp³-hybridized carbons (Fsp3) is 0.654. The highest BCUT2D eigenvalue weighted by Crippen LogP contribution is 2.41. The van der Waals surface area contributed by atoms with E-state index < -0.39 is 0 Å². The number of hydrogen-bond acceptors (Lipinski definition) is 6. The summed E-state index contributed by atoms with van der Waals surface area (Å²) in [6.45, 7) is 7.27. The molecule has 4 heterocycles. The summed E-state index contributed by atoms with van der Waals surface area (Å²) in [5.74, 6) is 0.920. The molecule has 34 heavy (non-hydrogen) atoms. The van der Waals surface area contributed by atoms with Crippen LogP contribution in [0.15, 0.2) is 18.5 Å². The summed E-state index contributed by atoms with van der Waals surface area (Å²) in [6.07, 6.45) is 11.5. The Hall–Kier alpha value is -2.63. The van der Waals surface area contributed by atoms with Crippen molar-refractivity contribution in [3.05, 3.63) is 24.0 Å². The molecule has 2 saturated carbocycles. The van der Waals surface area contributed by atoms with Crippen LogP contribution in [0.3, 0.4) is 0 Å². The van der Waals surface area contributed by atoms with Crippen molar-refractivity contribution in [2.45, 2.75) is 57.0 Å². The highest BCUT2D eigenvalue weighted by atomic mass is 16.2. The largest absolute Gasteiger partial charge is 0.349 e. The van der Waals surface area contributed by atoms with Crippen LogP contribution in [0.4, 0.5) is 5.69 Å². The van der Waals surface area contributed by atoms with Crippen LogP contribution in [-0.4, -0.2) is 88.6 Å². The van der Waals surface area contributed by atoms with Crippen molar-refractivity contribution in [3.8, 4) is 6.07 Å². The molecule has 0 bridgehead atoms. The van der Waals surface area contributed by atoms with E-state index in [0.29, 0.717) is 18.5 Å². The number of aromatic nitrogens is 2. The lowest BCUT2D eigenvalue weighted by molar-refractivity contribution is 0.0715. The molecule has 6 rings (SSSR count). The van der Waals surface area contributed by atoms with Crippen molar-refractivity contribution < 1.29 is 4.79 Å². The van der Waals surface area contributed by atoms with Crippen LogP contribution in [0.25, 0.3) is 11.0 Å². The molecule has 2 aliphatic heterocycles. The van der Waals surface area contributed by atoms with E-state index in [1.807, 2.05) is 6.20 Å². The van der Waals surface area contributed by atoms with Gasteiger partial charge in [0.15, 0.2) is 0 Å². The first-order valence-corrected chi connectivity index (χ1v) is 13.1. The van der Waals surface area contributed by atoms with Crippen molar-refractivity contribution in [2.75, 3.05) is 50.8 Å². The van der Waals surface area contributed by atoms with Crippen LogP contribution in [0.2, 0.25) is 0 Å². The second-order valence-electron chi connectivity index (χ2n) is 10.6. The summed E-state index contributed by atoms with van der Waals surface area (Å²) < 4.78 is 0. The van der Waals surface area contributed by atoms with E-state index in [2.05, 4.69) is 41.7 Å². The van der Waals surface area contributed by atoms with Crippen LogP contribution >= 0.6 is 0 Å². The fourth-order valence-electron chi connectivity index (χ4n) is 6.29. The van der Waals surface area contributed by atoms with E-state index in [1.165, 1.54) is 32.2 Å². The molecule has 0 radical (unpaired) electrons. The molecule has 4 aliphatic rings. The van der Waals surface area contributed by atoms with Gasteiger partial charge in [-0.15, -0.1) is 0 Å². The molecule has 8 heteroatoms. The Balaban J connectivity index is 1.12. The molecule has 0 aromatic carbocycles. The molecule has 2 aliphatic carbocycles. The minimum absolute atomic E-state index is 0.159. The van der Waals surface area contributed by atoms with Crippen molar-refractivity contribution in [1.29, 1.82) is 5.26 Å². The fourth-order valence-corrected chi connectivity index (χ4v) is 6.29. The number of pyridine rings is 1. The zero-order valence-corrected chi connectivity index (χ0v) is 20.0. The quantitative estimate of drug-likeness (QED) is 0.712. The molecule has 0 unspecified atom stereocenters. The van der Waals surface area contributed by atoms with E-state index in [0.717, 1.165) is 80.4 Å². The summed E-state index contributed by atoms with van der Waals surface area (Å²) in [6, 6.07) is 5.24. The van der Waals surface area contributed by atoms with Gasteiger partial charge in [0, 0.05) is 75.6 Å². The SMILES string of the molecule is N#CCCN1CCN(CC2CCC(N3CN(C4CC4)C(=O)c4cnc5[nH]ccc5c43)CC2)CC1. The maximum Gasteiger partial charge on any atom is 0.259 e. The summed E-state index contributed by atoms with van der Waals surface area (Å²) >= 11 is 0. The Morgan fingerprint density at radius 1 is 1.00 bits per heavy atom. The molecule has 1 N–H and O–H groups in total. The average molecular weight is 462 g/mol. The predicted molar refractivity (Wildman–Crippen MR) is 131 cm³/mol. The Labute approximate surface area is 201 Å². The molecular formula is C26H35N7O. The number of rotatable bonds is 6. The third kappa shape index (κ3) is 4.16. The van der Waals surface area contributed by atoms with Crippen LogP contribution in [0.1, 0.15) is 55.3 Å². The van der Waals surface area contributed by atoms with Crippen LogP contribution < -0.4 is 4.90 Å². The van der Waals surface area contributed by atoms with Crippen molar-refractivity contribution >= 4 is 22.6 Å². The molecule has 3 fully saturated rings. The first kappa shape index (κ1) is 21.9. The summed E-state index contributed by atoms with van der Waals surface area (Å²) in [4.78, 5) is 30.7. The number of H-pyrrole nitrogens is 1. The normalized spacial score (nSPS) is 26.6. The highest BCUT2D eigenvalue weighted by molar-refractivity contribution is 6.08. The zero-order valence-electron chi connectivity index (χ0n) is 20.0. The van der Waals surface area contributed by atoms with Gasteiger partial charge in [-0.2, -0.15) is 5.26 Å². The number of nitrogens with zero attached hydrogens (tertiary/aromatic N) is 6. The van der Waals surface area contributed by atoms with Gasteiger partial charge in [-0.05, 0) is 50.5 Å². The number of hydrogen-bond donors (Lipinski definition) is 1. The van der Waals surface area contributed by atoms with E-state index >= 15 is 0 Å². The molecule has 1 amide bonds. The van der Waals surface area contributed by atoms with Gasteiger partial charge in [0.1, 0.15) is 5.65 Å². The number of amides is 1. The molecule has 0 spiro atoms. The number of piperazine rings is 1. The van der Waals surface area contributed by atoms with Gasteiger partial charge in [-0.25, -0.2) is 4.98 Å². The van der Waals surface area contributed by atoms with E-state index in [1.54, 1.807) is 6.20 Å². The number of carbonyl (C=O) groups is 1. The van der Waals surface area contributed by atoms with E-state index in [-0.39, 0.29) is 5.91 Å². The molecule has 1 saturated heterocycles. The van der Waals surface area contributed by atoms with E-state index in [4.69, 9.17) is 5.26 Å². The maximum atomic E-state index is 13.3. The summed E-state index contributed by atoms with van der Waals surface area (Å²) in [5, 5.41) is 9.90. The average Bonchev–Trinajstić information content (AvgIpc) is 3.60. The number of nitrogens with one attached hydrogen (secondary N) is 1. The Morgan fingerprint density at radius 3 is 2.44 bits per heavy atom. The smallest absolute Gasteiger partial charge is 0.259 e. The van der Waals surface area contributed by atoms with Gasteiger partial charge in [0.25, 0.3) is 5.91 Å². The minimum atomic E-state index is 0.159. The van der Waals surface area contributed by atoms with Gasteiger partial charge in [-0.1, -0.05) is 0 Å². The van der Waals surface area contributed by atoms with Gasteiger partial charge in [0.05, 0.1) is 24.0 Å². The van der Waals surface area contributed by atoms with E-state index in [9.17, 15) is 4.79 Å². The molecule has 2 aromatic heterocycles. The first-order valence-electron chi connectivity index (χ1n) is 13.1. The van der Waals surface area contributed by atoms with Gasteiger partial charge in [-0.3, -0.25) is 9.69 Å². The van der Waals surface area contributed by atoms with Crippen LogP contribution in [0.5, 0.6) is 0 Å². The topological polar surface area (TPSA) is 82.5 Å². The maximum absolute atomic E-state index is 13.3. The predicted octanol–water partition coefficient (Wildman–Crippen LogP) is 3.04. The van der Waals surface area contributed by atoms with Crippen molar-refractivity contribution in [3.63, 3.8) is 0 Å². The lowest BCUT2D eigenvalue weighted by Gasteiger charge is -2.45. The lowest BCUT2D eigenvalue weighted by Crippen LogP contribution is -2.53. The molecular weight excluding hydrogens is 426 g/mol. The van der Waals surface area contributed by atoms with Crippen LogP contribution in [-0.2, 0) is 0 Å². The van der Waals surface area contributed by atoms with Crippen molar-refractivity contribution in [2.24, 2.45) is 5.92 Å². The number of carbonyl (C=O) groups excluding carboxylic acids is 1. The third-order valence-corrected chi connectivity index (χ3v) is 8.41. The zero-order chi connectivity index (χ0) is 23.1. The second-order valence-corrected chi connectivity index (χ2v) is 10.6. The summed E-state index contributed by atoms with van der Waals surface area (Å²) in [7, 11) is 0. The monoisotopic (exact) mass is 461 g/mol. The lowest BCUT2D eigenvalue weighted by atomic mass is 9.84. The number of anilines is 1. The first-order chi connectivity index (χ1) is 16.7. The number of nitriles is 1. The third-order valence-electron chi connectivity index (χ3n) is 8.41. The van der Waals surface area contributed by atoms with Gasteiger partial charge in [0.2, 0.25) is 0 Å². The van der Waals surface area contributed by atoms with Crippen molar-refractivity contribution in [1.82, 2.24) is 24.7 Å². The second kappa shape index (κ2) is 9.20. The van der Waals surface area contributed by atoms with Crippen LogP contribution in [0, 0.1) is 17.2 Å².